The largest absolute Gasteiger partial charge is 0.459 e. The van der Waals surface area contributed by atoms with Crippen LogP contribution < -0.4 is 0 Å². The van der Waals surface area contributed by atoms with Crippen molar-refractivity contribution in [2.75, 3.05) is 13.6 Å². The van der Waals surface area contributed by atoms with E-state index in [4.69, 9.17) is 16.3 Å². The molecule has 1 aromatic rings. The third-order valence-corrected chi connectivity index (χ3v) is 3.24. The molecule has 25 heavy (non-hydrogen) atoms. The zero-order chi connectivity index (χ0) is 19.4. The number of benzene rings is 1. The maximum Gasteiger partial charge on any atom is 0.416 e. The third kappa shape index (κ3) is 7.17. The van der Waals surface area contributed by atoms with Crippen molar-refractivity contribution in [3.63, 3.8) is 0 Å². The van der Waals surface area contributed by atoms with Crippen molar-refractivity contribution in [1.29, 1.82) is 0 Å². The van der Waals surface area contributed by atoms with Crippen LogP contribution in [0.25, 0.3) is 6.08 Å². The van der Waals surface area contributed by atoms with Crippen molar-refractivity contribution in [3.05, 3.63) is 40.4 Å². The van der Waals surface area contributed by atoms with Crippen LogP contribution in [0.3, 0.4) is 0 Å². The smallest absolute Gasteiger partial charge is 0.416 e. The molecule has 0 saturated heterocycles. The maximum absolute atomic E-state index is 12.7. The molecule has 0 bridgehead atoms. The number of esters is 1. The van der Waals surface area contributed by atoms with Crippen LogP contribution >= 0.6 is 11.6 Å². The first-order chi connectivity index (χ1) is 11.3. The average molecular weight is 378 g/mol. The molecule has 8 heteroatoms. The fraction of sp³-hybridized carbons (Fsp3) is 0.412. The van der Waals surface area contributed by atoms with E-state index < -0.39 is 29.2 Å². The van der Waals surface area contributed by atoms with Gasteiger partial charge in [-0.25, -0.2) is 0 Å². The molecule has 1 aromatic carbocycles. The predicted molar refractivity (Wildman–Crippen MR) is 89.0 cm³/mol. The summed E-state index contributed by atoms with van der Waals surface area (Å²) in [5, 5.41) is 0.0758. The van der Waals surface area contributed by atoms with Gasteiger partial charge in [0.2, 0.25) is 5.91 Å². The Bertz CT molecular complexity index is 679. The van der Waals surface area contributed by atoms with Crippen molar-refractivity contribution >= 4 is 29.6 Å². The number of hydrogen-bond acceptors (Lipinski definition) is 3. The fourth-order valence-electron chi connectivity index (χ4n) is 1.78. The van der Waals surface area contributed by atoms with Crippen LogP contribution in [0.5, 0.6) is 0 Å². The molecular formula is C17H19ClF3NO3. The maximum atomic E-state index is 12.7. The van der Waals surface area contributed by atoms with Crippen molar-refractivity contribution in [1.82, 2.24) is 4.90 Å². The molecule has 0 aromatic heterocycles. The molecule has 0 heterocycles. The van der Waals surface area contributed by atoms with Gasteiger partial charge in [0.25, 0.3) is 0 Å². The SMILES string of the molecule is CN(CC(=O)OC(C)(C)C)C(=O)C=Cc1cc(C(F)(F)F)ccc1Cl. The molecule has 4 nitrogen and oxygen atoms in total. The molecule has 0 radical (unpaired) electrons. The molecule has 0 aliphatic carbocycles. The van der Waals surface area contributed by atoms with E-state index >= 15 is 0 Å². The first-order valence-corrected chi connectivity index (χ1v) is 7.69. The number of carbonyl (C=O) groups is 2. The first-order valence-electron chi connectivity index (χ1n) is 7.31. The number of nitrogens with zero attached hydrogens (tertiary/aromatic N) is 1. The van der Waals surface area contributed by atoms with Gasteiger partial charge in [-0.15, -0.1) is 0 Å². The Labute approximate surface area is 149 Å². The molecule has 1 amide bonds. The molecule has 0 unspecified atom stereocenters. The topological polar surface area (TPSA) is 46.6 Å². The van der Waals surface area contributed by atoms with Crippen LogP contribution in [0, 0.1) is 0 Å². The van der Waals surface area contributed by atoms with Gasteiger partial charge in [-0.05, 0) is 50.6 Å². The summed E-state index contributed by atoms with van der Waals surface area (Å²) in [4.78, 5) is 24.7. The van der Waals surface area contributed by atoms with E-state index in [9.17, 15) is 22.8 Å². The summed E-state index contributed by atoms with van der Waals surface area (Å²) in [5.41, 5.74) is -1.50. The molecule has 0 atom stereocenters. The lowest BCUT2D eigenvalue weighted by Crippen LogP contribution is -2.35. The number of hydrogen-bond donors (Lipinski definition) is 0. The minimum atomic E-state index is -4.51. The molecule has 0 spiro atoms. The second kappa shape index (κ2) is 7.91. The standard InChI is InChI=1S/C17H19ClF3NO3/c1-16(2,3)25-15(24)10-22(4)14(23)8-5-11-9-12(17(19,20)21)6-7-13(11)18/h5-9H,10H2,1-4H3. The van der Waals surface area contributed by atoms with Crippen LogP contribution in [-0.4, -0.2) is 36.0 Å². The van der Waals surface area contributed by atoms with E-state index in [-0.39, 0.29) is 17.1 Å². The summed E-state index contributed by atoms with van der Waals surface area (Å²) in [5.74, 6) is -1.16. The lowest BCUT2D eigenvalue weighted by molar-refractivity contribution is -0.157. The van der Waals surface area contributed by atoms with Gasteiger partial charge in [-0.3, -0.25) is 9.59 Å². The molecule has 1 rings (SSSR count). The third-order valence-electron chi connectivity index (χ3n) is 2.89. The van der Waals surface area contributed by atoms with Gasteiger partial charge >= 0.3 is 12.1 Å². The molecule has 0 saturated carbocycles. The van der Waals surface area contributed by atoms with Gasteiger partial charge in [0.05, 0.1) is 5.56 Å². The Kier molecular flexibility index (Phi) is 6.65. The van der Waals surface area contributed by atoms with Gasteiger partial charge in [0, 0.05) is 18.1 Å². The lowest BCUT2D eigenvalue weighted by atomic mass is 10.1. The van der Waals surface area contributed by atoms with Crippen molar-refractivity contribution in [2.45, 2.75) is 32.5 Å². The highest BCUT2D eigenvalue weighted by molar-refractivity contribution is 6.32. The summed E-state index contributed by atoms with van der Waals surface area (Å²) in [6.45, 7) is 4.81. The molecule has 138 valence electrons. The van der Waals surface area contributed by atoms with Crippen molar-refractivity contribution < 1.29 is 27.5 Å². The van der Waals surface area contributed by atoms with Gasteiger partial charge in [0.1, 0.15) is 12.1 Å². The lowest BCUT2D eigenvalue weighted by Gasteiger charge is -2.22. The van der Waals surface area contributed by atoms with Crippen molar-refractivity contribution in [2.24, 2.45) is 0 Å². The van der Waals surface area contributed by atoms with E-state index in [0.717, 1.165) is 29.2 Å². The number of likely N-dealkylation sites (N-methyl/N-ethyl adjacent to an activating group) is 1. The van der Waals surface area contributed by atoms with E-state index in [1.165, 1.54) is 13.1 Å². The highest BCUT2D eigenvalue weighted by Gasteiger charge is 2.30. The Balaban J connectivity index is 2.81. The van der Waals surface area contributed by atoms with E-state index in [1.807, 2.05) is 0 Å². The summed E-state index contributed by atoms with van der Waals surface area (Å²) in [6.07, 6.45) is -2.29. The molecule has 0 fully saturated rings. The number of alkyl halides is 3. The molecule has 0 aliphatic heterocycles. The molecular weight excluding hydrogens is 359 g/mol. The fourth-order valence-corrected chi connectivity index (χ4v) is 1.96. The summed E-state index contributed by atoms with van der Waals surface area (Å²) >= 11 is 5.85. The van der Waals surface area contributed by atoms with Gasteiger partial charge in [-0.1, -0.05) is 11.6 Å². The van der Waals surface area contributed by atoms with Gasteiger partial charge < -0.3 is 9.64 Å². The normalized spacial score (nSPS) is 12.3. The minimum absolute atomic E-state index is 0.0514. The summed E-state index contributed by atoms with van der Waals surface area (Å²) in [6, 6.07) is 2.81. The van der Waals surface area contributed by atoms with Crippen LogP contribution in [0.1, 0.15) is 31.9 Å². The van der Waals surface area contributed by atoms with Crippen LogP contribution in [0.2, 0.25) is 5.02 Å². The second-order valence-electron chi connectivity index (χ2n) is 6.35. The Morgan fingerprint density at radius 1 is 1.24 bits per heavy atom. The van der Waals surface area contributed by atoms with Crippen LogP contribution in [-0.2, 0) is 20.5 Å². The highest BCUT2D eigenvalue weighted by Crippen LogP contribution is 2.32. The number of ether oxygens (including phenoxy) is 1. The van der Waals surface area contributed by atoms with Crippen LogP contribution in [0.15, 0.2) is 24.3 Å². The van der Waals surface area contributed by atoms with E-state index in [0.29, 0.717) is 0 Å². The zero-order valence-corrected chi connectivity index (χ0v) is 15.0. The van der Waals surface area contributed by atoms with E-state index in [2.05, 4.69) is 0 Å². The van der Waals surface area contributed by atoms with Crippen molar-refractivity contribution in [3.8, 4) is 0 Å². The number of carbonyl (C=O) groups excluding carboxylic acids is 2. The Morgan fingerprint density at radius 2 is 1.84 bits per heavy atom. The quantitative estimate of drug-likeness (QED) is 0.584. The predicted octanol–water partition coefficient (Wildman–Crippen LogP) is 4.17. The second-order valence-corrected chi connectivity index (χ2v) is 6.76. The number of amides is 1. The van der Waals surface area contributed by atoms with Gasteiger partial charge in [0.15, 0.2) is 0 Å². The first kappa shape index (κ1) is 21.0. The van der Waals surface area contributed by atoms with Crippen LogP contribution in [0.4, 0.5) is 13.2 Å². The summed E-state index contributed by atoms with van der Waals surface area (Å²) < 4.78 is 43.2. The average Bonchev–Trinajstić information content (AvgIpc) is 2.42. The number of halogens is 4. The highest BCUT2D eigenvalue weighted by atomic mass is 35.5. The molecule has 0 N–H and O–H groups in total. The zero-order valence-electron chi connectivity index (χ0n) is 14.3. The minimum Gasteiger partial charge on any atom is -0.459 e. The number of rotatable bonds is 4. The monoisotopic (exact) mass is 377 g/mol. The Morgan fingerprint density at radius 3 is 2.36 bits per heavy atom. The summed E-state index contributed by atoms with van der Waals surface area (Å²) in [7, 11) is 1.38. The molecule has 0 aliphatic rings. The van der Waals surface area contributed by atoms with Gasteiger partial charge in [-0.2, -0.15) is 13.2 Å². The van der Waals surface area contributed by atoms with E-state index in [1.54, 1.807) is 20.8 Å². The Hall–Kier alpha value is -2.02.